The molecule has 1 aliphatic heterocycles. The van der Waals surface area contributed by atoms with Crippen molar-refractivity contribution in [3.63, 3.8) is 0 Å². The Labute approximate surface area is 137 Å². The van der Waals surface area contributed by atoms with Crippen molar-refractivity contribution < 1.29 is 9.53 Å². The molecule has 0 radical (unpaired) electrons. The lowest BCUT2D eigenvalue weighted by Crippen LogP contribution is -2.49. The number of carbonyl (C=O) groups excluding carboxylic acids is 1. The van der Waals surface area contributed by atoms with Gasteiger partial charge in [0.15, 0.2) is 0 Å². The van der Waals surface area contributed by atoms with Gasteiger partial charge in [-0.3, -0.25) is 4.79 Å². The minimum absolute atomic E-state index is 0.0613. The van der Waals surface area contributed by atoms with Gasteiger partial charge in [-0.05, 0) is 42.2 Å². The van der Waals surface area contributed by atoms with Crippen LogP contribution in [0.25, 0.3) is 0 Å². The number of aryl methyl sites for hydroxylation is 1. The van der Waals surface area contributed by atoms with Crippen molar-refractivity contribution in [1.82, 2.24) is 14.9 Å². The first-order chi connectivity index (χ1) is 10.7. The molecule has 118 valence electrons. The first-order valence-corrected chi connectivity index (χ1v) is 9.16. The molecule has 5 nitrogen and oxygen atoms in total. The van der Waals surface area contributed by atoms with E-state index in [1.54, 1.807) is 11.3 Å². The van der Waals surface area contributed by atoms with Gasteiger partial charge in [-0.15, -0.1) is 16.4 Å². The Morgan fingerprint density at radius 2 is 2.27 bits per heavy atom. The zero-order chi connectivity index (χ0) is 15.4. The number of aromatic nitrogens is 2. The van der Waals surface area contributed by atoms with Gasteiger partial charge in [0, 0.05) is 18.1 Å². The fourth-order valence-electron chi connectivity index (χ4n) is 2.76. The zero-order valence-corrected chi connectivity index (χ0v) is 14.1. The van der Waals surface area contributed by atoms with Crippen LogP contribution in [0.15, 0.2) is 17.5 Å². The van der Waals surface area contributed by atoms with Gasteiger partial charge < -0.3 is 10.1 Å². The van der Waals surface area contributed by atoms with Gasteiger partial charge >= 0.3 is 0 Å². The van der Waals surface area contributed by atoms with Crippen LogP contribution in [0, 0.1) is 0 Å². The number of thiophene rings is 1. The summed E-state index contributed by atoms with van der Waals surface area (Å²) in [7, 11) is 0. The van der Waals surface area contributed by atoms with Crippen LogP contribution in [0.5, 0.6) is 0 Å². The van der Waals surface area contributed by atoms with E-state index in [2.05, 4.69) is 33.3 Å². The summed E-state index contributed by atoms with van der Waals surface area (Å²) in [4.78, 5) is 14.6. The molecule has 1 fully saturated rings. The van der Waals surface area contributed by atoms with E-state index in [1.807, 2.05) is 6.07 Å². The van der Waals surface area contributed by atoms with Gasteiger partial charge in [0.1, 0.15) is 4.88 Å². The summed E-state index contributed by atoms with van der Waals surface area (Å²) in [5, 5.41) is 9.40. The van der Waals surface area contributed by atoms with Crippen molar-refractivity contribution >= 4 is 28.8 Å². The highest BCUT2D eigenvalue weighted by Gasteiger charge is 2.37. The molecule has 1 saturated heterocycles. The smallest absolute Gasteiger partial charge is 0.265 e. The summed E-state index contributed by atoms with van der Waals surface area (Å²) in [5.41, 5.74) is 0.482. The largest absolute Gasteiger partial charge is 0.381 e. The zero-order valence-electron chi connectivity index (χ0n) is 12.5. The molecule has 22 heavy (non-hydrogen) atoms. The number of hydrogen-bond donors (Lipinski definition) is 1. The van der Waals surface area contributed by atoms with E-state index in [0.717, 1.165) is 31.4 Å². The maximum absolute atomic E-state index is 12.8. The van der Waals surface area contributed by atoms with Gasteiger partial charge in [-0.2, -0.15) is 0 Å². The molecule has 3 heterocycles. The first-order valence-electron chi connectivity index (χ1n) is 7.50. The summed E-state index contributed by atoms with van der Waals surface area (Å²) < 4.78 is 9.44. The molecule has 3 rings (SSSR count). The summed E-state index contributed by atoms with van der Waals surface area (Å²) >= 11 is 2.86. The Morgan fingerprint density at radius 1 is 1.45 bits per heavy atom. The molecule has 1 amide bonds. The first kappa shape index (κ1) is 15.6. The van der Waals surface area contributed by atoms with E-state index < -0.39 is 0 Å². The fourth-order valence-corrected chi connectivity index (χ4v) is 4.30. The summed E-state index contributed by atoms with van der Waals surface area (Å²) in [5.74, 6) is -0.0613. The summed E-state index contributed by atoms with van der Waals surface area (Å²) in [6.45, 7) is 3.41. The van der Waals surface area contributed by atoms with Crippen molar-refractivity contribution in [2.45, 2.75) is 38.1 Å². The van der Waals surface area contributed by atoms with E-state index in [1.165, 1.54) is 16.4 Å². The number of carbonyl (C=O) groups is 1. The highest BCUT2D eigenvalue weighted by molar-refractivity contribution is 7.10. The molecule has 0 spiro atoms. The predicted molar refractivity (Wildman–Crippen MR) is 87.4 cm³/mol. The Bertz CT molecular complexity index is 619. The molecule has 7 heteroatoms. The van der Waals surface area contributed by atoms with E-state index in [4.69, 9.17) is 4.74 Å². The lowest BCUT2D eigenvalue weighted by Gasteiger charge is -2.37. The highest BCUT2D eigenvalue weighted by atomic mass is 32.1. The minimum atomic E-state index is -0.322. The van der Waals surface area contributed by atoms with Crippen LogP contribution in [0.4, 0.5) is 0 Å². The SMILES string of the molecule is CCCc1nnsc1C(=O)NC1(c2cccs2)CCOCC1. The number of rotatable bonds is 5. The van der Waals surface area contributed by atoms with Crippen molar-refractivity contribution in [2.24, 2.45) is 0 Å². The highest BCUT2D eigenvalue weighted by Crippen LogP contribution is 2.35. The third-order valence-corrected chi connectivity index (χ3v) is 5.78. The molecule has 2 aromatic rings. The summed E-state index contributed by atoms with van der Waals surface area (Å²) in [6.07, 6.45) is 3.34. The molecule has 0 aromatic carbocycles. The van der Waals surface area contributed by atoms with Gasteiger partial charge in [0.25, 0.3) is 5.91 Å². The third kappa shape index (κ3) is 3.06. The van der Waals surface area contributed by atoms with Crippen molar-refractivity contribution in [2.75, 3.05) is 13.2 Å². The molecule has 1 aliphatic rings. The number of amides is 1. The van der Waals surface area contributed by atoms with Gasteiger partial charge in [-0.25, -0.2) is 0 Å². The average Bonchev–Trinajstić information content (AvgIpc) is 3.20. The standard InChI is InChI=1S/C15H19N3O2S2/c1-2-4-11-13(22-18-17-11)14(19)16-15(6-8-20-9-7-15)12-5-3-10-21-12/h3,5,10H,2,4,6-9H2,1H3,(H,16,19). The lowest BCUT2D eigenvalue weighted by molar-refractivity contribution is 0.0359. The van der Waals surface area contributed by atoms with Crippen LogP contribution in [0.2, 0.25) is 0 Å². The molecule has 0 atom stereocenters. The number of nitrogens with one attached hydrogen (secondary N) is 1. The second kappa shape index (κ2) is 6.85. The van der Waals surface area contributed by atoms with Crippen molar-refractivity contribution in [1.29, 1.82) is 0 Å². The minimum Gasteiger partial charge on any atom is -0.381 e. The van der Waals surface area contributed by atoms with E-state index >= 15 is 0 Å². The Morgan fingerprint density at radius 3 is 2.95 bits per heavy atom. The second-order valence-corrected chi connectivity index (χ2v) is 7.13. The van der Waals surface area contributed by atoms with Crippen LogP contribution in [-0.2, 0) is 16.7 Å². The Balaban J connectivity index is 1.84. The maximum Gasteiger partial charge on any atom is 0.265 e. The lowest BCUT2D eigenvalue weighted by atomic mass is 9.88. The number of hydrogen-bond acceptors (Lipinski definition) is 6. The quantitative estimate of drug-likeness (QED) is 0.911. The average molecular weight is 337 g/mol. The second-order valence-electron chi connectivity index (χ2n) is 5.42. The van der Waals surface area contributed by atoms with Crippen LogP contribution in [0.1, 0.15) is 46.4 Å². The maximum atomic E-state index is 12.8. The number of ether oxygens (including phenoxy) is 1. The molecule has 0 aliphatic carbocycles. The monoisotopic (exact) mass is 337 g/mol. The van der Waals surface area contributed by atoms with Crippen LogP contribution >= 0.6 is 22.9 Å². The van der Waals surface area contributed by atoms with E-state index in [9.17, 15) is 4.79 Å². The van der Waals surface area contributed by atoms with Gasteiger partial charge in [-0.1, -0.05) is 23.9 Å². The Kier molecular flexibility index (Phi) is 4.85. The van der Waals surface area contributed by atoms with Crippen molar-refractivity contribution in [3.05, 3.63) is 33.0 Å². The molecule has 0 unspecified atom stereocenters. The van der Waals surface area contributed by atoms with Gasteiger partial charge in [0.05, 0.1) is 11.2 Å². The van der Waals surface area contributed by atoms with Crippen LogP contribution in [0.3, 0.4) is 0 Å². The normalized spacial score (nSPS) is 17.3. The van der Waals surface area contributed by atoms with Crippen molar-refractivity contribution in [3.8, 4) is 0 Å². The van der Waals surface area contributed by atoms with Gasteiger partial charge in [0.2, 0.25) is 0 Å². The number of nitrogens with zero attached hydrogens (tertiary/aromatic N) is 2. The predicted octanol–water partition coefficient (Wildman–Crippen LogP) is 2.99. The van der Waals surface area contributed by atoms with Crippen LogP contribution < -0.4 is 5.32 Å². The molecule has 0 saturated carbocycles. The third-order valence-electron chi connectivity index (χ3n) is 3.94. The molecule has 0 bridgehead atoms. The topological polar surface area (TPSA) is 64.1 Å². The molecular formula is C15H19N3O2S2. The van der Waals surface area contributed by atoms with E-state index in [-0.39, 0.29) is 11.4 Å². The molecule has 1 N–H and O–H groups in total. The Hall–Kier alpha value is -1.31. The molecule has 2 aromatic heterocycles. The van der Waals surface area contributed by atoms with E-state index in [0.29, 0.717) is 18.1 Å². The summed E-state index contributed by atoms with van der Waals surface area (Å²) in [6, 6.07) is 4.12. The fraction of sp³-hybridized carbons (Fsp3) is 0.533. The molecular weight excluding hydrogens is 318 g/mol. The van der Waals surface area contributed by atoms with Crippen LogP contribution in [-0.4, -0.2) is 28.7 Å².